The van der Waals surface area contributed by atoms with Gasteiger partial charge >= 0.3 is 6.18 Å². The molecule has 0 unspecified atom stereocenters. The molecule has 0 aliphatic heterocycles. The number of hydrogen-bond acceptors (Lipinski definition) is 2. The first kappa shape index (κ1) is 15.5. The predicted octanol–water partition coefficient (Wildman–Crippen LogP) is 3.59. The van der Waals surface area contributed by atoms with Crippen LogP contribution >= 0.6 is 15.9 Å². The van der Waals surface area contributed by atoms with E-state index in [1.165, 1.54) is 13.1 Å². The van der Waals surface area contributed by atoms with Crippen LogP contribution in [-0.2, 0) is 13.2 Å². The van der Waals surface area contributed by atoms with Crippen LogP contribution in [0.15, 0.2) is 28.9 Å². The van der Waals surface area contributed by atoms with Crippen molar-refractivity contribution in [1.82, 2.24) is 9.78 Å². The van der Waals surface area contributed by atoms with Crippen LogP contribution < -0.4 is 5.32 Å². The van der Waals surface area contributed by atoms with Gasteiger partial charge in [0.05, 0.1) is 11.3 Å². The molecular weight excluding hydrogens is 358 g/mol. The number of aromatic nitrogens is 2. The van der Waals surface area contributed by atoms with E-state index in [1.54, 1.807) is 0 Å². The molecule has 0 spiro atoms. The Bertz CT molecular complexity index is 696. The molecule has 1 amide bonds. The maximum atomic E-state index is 12.9. The number of carbonyl (C=O) groups excluding carboxylic acids is 1. The number of carbonyl (C=O) groups is 1. The molecule has 4 nitrogen and oxygen atoms in total. The van der Waals surface area contributed by atoms with E-state index >= 15 is 0 Å². The number of benzene rings is 1. The summed E-state index contributed by atoms with van der Waals surface area (Å²) in [6.07, 6.45) is -3.77. The zero-order chi connectivity index (χ0) is 15.8. The minimum atomic E-state index is -4.74. The van der Waals surface area contributed by atoms with Gasteiger partial charge < -0.3 is 5.32 Å². The van der Waals surface area contributed by atoms with Crippen molar-refractivity contribution in [3.05, 3.63) is 45.9 Å². The molecule has 0 saturated carbocycles. The summed E-state index contributed by atoms with van der Waals surface area (Å²) in [5.41, 5.74) is -1.74. The number of aryl methyl sites for hydroxylation is 1. The first-order valence-electron chi connectivity index (χ1n) is 5.55. The second kappa shape index (κ2) is 5.47. The molecule has 0 bridgehead atoms. The zero-order valence-electron chi connectivity index (χ0n) is 10.5. The van der Waals surface area contributed by atoms with Gasteiger partial charge in [-0.15, -0.1) is 0 Å². The molecule has 2 aromatic rings. The molecule has 1 aromatic heterocycles. The average Bonchev–Trinajstić information content (AvgIpc) is 2.75. The lowest BCUT2D eigenvalue weighted by Gasteiger charge is -2.08. The van der Waals surface area contributed by atoms with Crippen molar-refractivity contribution < 1.29 is 22.4 Å². The topological polar surface area (TPSA) is 46.9 Å². The quantitative estimate of drug-likeness (QED) is 0.826. The molecular formula is C12H8BrF4N3O. The molecule has 0 aliphatic rings. The molecule has 0 atom stereocenters. The van der Waals surface area contributed by atoms with Gasteiger partial charge in [-0.3, -0.25) is 9.48 Å². The van der Waals surface area contributed by atoms with Gasteiger partial charge in [-0.05, 0) is 34.1 Å². The molecule has 1 N–H and O–H groups in total. The Kier molecular flexibility index (Phi) is 4.04. The van der Waals surface area contributed by atoms with E-state index in [1.807, 2.05) is 0 Å². The molecule has 112 valence electrons. The number of amides is 1. The Morgan fingerprint density at radius 1 is 1.38 bits per heavy atom. The molecule has 1 aromatic carbocycles. The van der Waals surface area contributed by atoms with E-state index in [-0.39, 0.29) is 10.2 Å². The van der Waals surface area contributed by atoms with Crippen LogP contribution in [0.25, 0.3) is 0 Å². The summed E-state index contributed by atoms with van der Waals surface area (Å²) < 4.78 is 52.4. The number of anilines is 1. The summed E-state index contributed by atoms with van der Waals surface area (Å²) in [4.78, 5) is 12.0. The number of nitrogens with one attached hydrogen (secondary N) is 1. The summed E-state index contributed by atoms with van der Waals surface area (Å²) in [6.45, 7) is 0. The summed E-state index contributed by atoms with van der Waals surface area (Å²) in [7, 11) is 1.28. The highest BCUT2D eigenvalue weighted by Gasteiger charge is 2.39. The average molecular weight is 366 g/mol. The summed E-state index contributed by atoms with van der Waals surface area (Å²) in [5.74, 6) is -1.53. The minimum absolute atomic E-state index is 0.151. The van der Waals surface area contributed by atoms with Crippen molar-refractivity contribution in [2.24, 2.45) is 7.05 Å². The van der Waals surface area contributed by atoms with Crippen molar-refractivity contribution in [2.75, 3.05) is 5.32 Å². The zero-order valence-corrected chi connectivity index (χ0v) is 12.1. The fourth-order valence-corrected chi connectivity index (χ4v) is 2.09. The third kappa shape index (κ3) is 3.41. The van der Waals surface area contributed by atoms with Gasteiger partial charge in [-0.2, -0.15) is 18.3 Å². The van der Waals surface area contributed by atoms with Gasteiger partial charge in [0.2, 0.25) is 0 Å². The number of alkyl halides is 3. The highest BCUT2D eigenvalue weighted by molar-refractivity contribution is 9.10. The van der Waals surface area contributed by atoms with Gasteiger partial charge in [0, 0.05) is 17.7 Å². The molecule has 2 rings (SSSR count). The lowest BCUT2D eigenvalue weighted by atomic mass is 10.2. The van der Waals surface area contributed by atoms with E-state index in [9.17, 15) is 22.4 Å². The maximum absolute atomic E-state index is 12.9. The molecule has 0 radical (unpaired) electrons. The number of rotatable bonds is 2. The van der Waals surface area contributed by atoms with Gasteiger partial charge in [0.1, 0.15) is 5.82 Å². The molecule has 0 saturated heterocycles. The van der Waals surface area contributed by atoms with Crippen LogP contribution in [0.5, 0.6) is 0 Å². The Morgan fingerprint density at radius 3 is 2.62 bits per heavy atom. The highest BCUT2D eigenvalue weighted by Crippen LogP contribution is 2.31. The van der Waals surface area contributed by atoms with Gasteiger partial charge in [-0.25, -0.2) is 4.39 Å². The summed E-state index contributed by atoms with van der Waals surface area (Å²) in [6, 6.07) is 3.40. The van der Waals surface area contributed by atoms with Gasteiger partial charge in [0.25, 0.3) is 5.91 Å². The lowest BCUT2D eigenvalue weighted by molar-refractivity contribution is -0.141. The third-order valence-corrected chi connectivity index (χ3v) is 3.18. The molecule has 21 heavy (non-hydrogen) atoms. The Hall–Kier alpha value is -1.90. The fraction of sp³-hybridized carbons (Fsp3) is 0.167. The van der Waals surface area contributed by atoms with E-state index in [4.69, 9.17) is 0 Å². The van der Waals surface area contributed by atoms with Crippen LogP contribution in [0.4, 0.5) is 23.2 Å². The number of halogens is 5. The second-order valence-corrected chi connectivity index (χ2v) is 5.00. The standard InChI is InChI=1S/C12H8BrF4N3O/c1-20-5-7(10(19-20)12(15,16)17)11(21)18-9-3-2-6(14)4-8(9)13/h2-5H,1H3,(H,18,21). The van der Waals surface area contributed by atoms with Crippen molar-refractivity contribution in [3.8, 4) is 0 Å². The smallest absolute Gasteiger partial charge is 0.321 e. The molecule has 0 aliphatic carbocycles. The van der Waals surface area contributed by atoms with Gasteiger partial charge in [0.15, 0.2) is 5.69 Å². The Labute approximate surface area is 124 Å². The van der Waals surface area contributed by atoms with Crippen molar-refractivity contribution >= 4 is 27.5 Å². The predicted molar refractivity (Wildman–Crippen MR) is 70.3 cm³/mol. The van der Waals surface area contributed by atoms with E-state index in [0.29, 0.717) is 0 Å². The Morgan fingerprint density at radius 2 is 2.05 bits per heavy atom. The highest BCUT2D eigenvalue weighted by atomic mass is 79.9. The van der Waals surface area contributed by atoms with Crippen LogP contribution in [0, 0.1) is 5.82 Å². The largest absolute Gasteiger partial charge is 0.435 e. The van der Waals surface area contributed by atoms with E-state index in [0.717, 1.165) is 23.0 Å². The SMILES string of the molecule is Cn1cc(C(=O)Nc2ccc(F)cc2Br)c(C(F)(F)F)n1. The first-order chi connectivity index (χ1) is 9.68. The Balaban J connectivity index is 2.33. The van der Waals surface area contributed by atoms with E-state index in [2.05, 4.69) is 26.3 Å². The number of nitrogens with zero attached hydrogens (tertiary/aromatic N) is 2. The maximum Gasteiger partial charge on any atom is 0.435 e. The van der Waals surface area contributed by atoms with Crippen LogP contribution in [-0.4, -0.2) is 15.7 Å². The van der Waals surface area contributed by atoms with Crippen LogP contribution in [0.1, 0.15) is 16.1 Å². The first-order valence-corrected chi connectivity index (χ1v) is 6.35. The summed E-state index contributed by atoms with van der Waals surface area (Å²) in [5, 5.41) is 5.51. The van der Waals surface area contributed by atoms with Crippen LogP contribution in [0.2, 0.25) is 0 Å². The van der Waals surface area contributed by atoms with Crippen molar-refractivity contribution in [1.29, 1.82) is 0 Å². The lowest BCUT2D eigenvalue weighted by Crippen LogP contribution is -2.18. The molecule has 9 heteroatoms. The second-order valence-electron chi connectivity index (χ2n) is 4.14. The molecule has 0 fully saturated rings. The normalized spacial score (nSPS) is 11.5. The fourth-order valence-electron chi connectivity index (χ4n) is 1.64. The van der Waals surface area contributed by atoms with Crippen molar-refractivity contribution in [3.63, 3.8) is 0 Å². The van der Waals surface area contributed by atoms with Crippen LogP contribution in [0.3, 0.4) is 0 Å². The van der Waals surface area contributed by atoms with Crippen molar-refractivity contribution in [2.45, 2.75) is 6.18 Å². The van der Waals surface area contributed by atoms with Gasteiger partial charge in [-0.1, -0.05) is 0 Å². The van der Waals surface area contributed by atoms with E-state index < -0.39 is 29.2 Å². The molecule has 1 heterocycles. The minimum Gasteiger partial charge on any atom is -0.321 e. The number of hydrogen-bond donors (Lipinski definition) is 1. The monoisotopic (exact) mass is 365 g/mol. The summed E-state index contributed by atoms with van der Waals surface area (Å²) >= 11 is 3.01. The third-order valence-electron chi connectivity index (χ3n) is 2.52.